The molecule has 134 valence electrons. The molecule has 0 aromatic rings. The first-order valence-electron chi connectivity index (χ1n) is 7.32. The number of carboxylic acid groups (broad SMARTS) is 1. The van der Waals surface area contributed by atoms with Gasteiger partial charge in [-0.2, -0.15) is 0 Å². The number of aliphatic carboxylic acids is 1. The van der Waals surface area contributed by atoms with Crippen LogP contribution in [0.4, 0.5) is 0 Å². The van der Waals surface area contributed by atoms with Crippen LogP contribution in [0.15, 0.2) is 0 Å². The molecule has 0 radical (unpaired) electrons. The van der Waals surface area contributed by atoms with E-state index >= 15 is 0 Å². The molecular formula is C13H26N4O6. The molecule has 0 aliphatic heterocycles. The van der Waals surface area contributed by atoms with Crippen LogP contribution in [0.1, 0.15) is 26.2 Å². The largest absolute Gasteiger partial charge is 0.480 e. The molecule has 10 nitrogen and oxygen atoms in total. The number of hydrogen-bond donors (Lipinski definition) is 7. The minimum absolute atomic E-state index is 0.369. The Hall–Kier alpha value is -1.75. The number of aliphatic hydroxyl groups is 2. The molecule has 23 heavy (non-hydrogen) atoms. The maximum Gasteiger partial charge on any atom is 0.328 e. The average molecular weight is 334 g/mol. The van der Waals surface area contributed by atoms with Crippen LogP contribution in [0.25, 0.3) is 0 Å². The van der Waals surface area contributed by atoms with Crippen LogP contribution in [0.3, 0.4) is 0 Å². The van der Waals surface area contributed by atoms with Crippen molar-refractivity contribution in [2.45, 2.75) is 50.4 Å². The summed E-state index contributed by atoms with van der Waals surface area (Å²) in [7, 11) is 0. The Labute approximate surface area is 134 Å². The van der Waals surface area contributed by atoms with Crippen molar-refractivity contribution in [1.29, 1.82) is 0 Å². The summed E-state index contributed by atoms with van der Waals surface area (Å²) in [6.45, 7) is 0.935. The van der Waals surface area contributed by atoms with E-state index in [0.717, 1.165) is 0 Å². The minimum atomic E-state index is -1.55. The van der Waals surface area contributed by atoms with Crippen molar-refractivity contribution in [3.8, 4) is 0 Å². The van der Waals surface area contributed by atoms with Gasteiger partial charge in [0.05, 0.1) is 18.8 Å². The summed E-state index contributed by atoms with van der Waals surface area (Å²) in [5.74, 6) is -3.00. The number of carbonyl (C=O) groups is 3. The Morgan fingerprint density at radius 3 is 2.17 bits per heavy atom. The Morgan fingerprint density at radius 1 is 1.13 bits per heavy atom. The highest BCUT2D eigenvalue weighted by molar-refractivity contribution is 5.91. The molecule has 0 aromatic carbocycles. The SMILES string of the molecule is C[C@@H](O)[C@H](NC(=O)[C@H](CO)NC(=O)[C@@H](N)CCCCN)C(=O)O. The molecule has 0 saturated heterocycles. The van der Waals surface area contributed by atoms with Gasteiger partial charge in [0.15, 0.2) is 6.04 Å². The molecule has 0 aliphatic rings. The predicted molar refractivity (Wildman–Crippen MR) is 81.1 cm³/mol. The van der Waals surface area contributed by atoms with Crippen molar-refractivity contribution >= 4 is 17.8 Å². The normalized spacial score (nSPS) is 16.0. The first kappa shape index (κ1) is 21.2. The lowest BCUT2D eigenvalue weighted by atomic mass is 10.1. The third kappa shape index (κ3) is 7.88. The van der Waals surface area contributed by atoms with E-state index in [0.29, 0.717) is 25.8 Å². The minimum Gasteiger partial charge on any atom is -0.480 e. The molecule has 0 aromatic heterocycles. The van der Waals surface area contributed by atoms with Crippen LogP contribution < -0.4 is 22.1 Å². The molecular weight excluding hydrogens is 308 g/mol. The Kier molecular flexibility index (Phi) is 10.1. The number of carboxylic acids is 1. The second kappa shape index (κ2) is 10.9. The van der Waals surface area contributed by atoms with Crippen molar-refractivity contribution in [3.63, 3.8) is 0 Å². The number of hydrogen-bond acceptors (Lipinski definition) is 7. The van der Waals surface area contributed by atoms with Crippen molar-refractivity contribution in [3.05, 3.63) is 0 Å². The third-order valence-corrected chi connectivity index (χ3v) is 3.17. The fraction of sp³-hybridized carbons (Fsp3) is 0.769. The topological polar surface area (TPSA) is 188 Å². The highest BCUT2D eigenvalue weighted by atomic mass is 16.4. The van der Waals surface area contributed by atoms with E-state index in [4.69, 9.17) is 16.6 Å². The molecule has 0 fully saturated rings. The van der Waals surface area contributed by atoms with Gasteiger partial charge in [0.2, 0.25) is 11.8 Å². The Balaban J connectivity index is 4.60. The molecule has 2 amide bonds. The number of amides is 2. The molecule has 10 heteroatoms. The fourth-order valence-electron chi connectivity index (χ4n) is 1.76. The monoisotopic (exact) mass is 334 g/mol. The summed E-state index contributed by atoms with van der Waals surface area (Å²) in [6.07, 6.45) is 0.378. The second-order valence-corrected chi connectivity index (χ2v) is 5.20. The summed E-state index contributed by atoms with van der Waals surface area (Å²) in [5, 5.41) is 31.7. The highest BCUT2D eigenvalue weighted by Gasteiger charge is 2.29. The van der Waals surface area contributed by atoms with E-state index < -0.39 is 48.6 Å². The molecule has 0 heterocycles. The van der Waals surface area contributed by atoms with Crippen molar-refractivity contribution < 1.29 is 29.7 Å². The summed E-state index contributed by atoms with van der Waals surface area (Å²) in [6, 6.07) is -3.77. The third-order valence-electron chi connectivity index (χ3n) is 3.17. The van der Waals surface area contributed by atoms with Gasteiger partial charge in [-0.1, -0.05) is 6.42 Å². The van der Waals surface area contributed by atoms with Gasteiger partial charge in [0, 0.05) is 0 Å². The number of nitrogens with two attached hydrogens (primary N) is 2. The second-order valence-electron chi connectivity index (χ2n) is 5.20. The van der Waals surface area contributed by atoms with Gasteiger partial charge in [0.25, 0.3) is 0 Å². The van der Waals surface area contributed by atoms with Crippen LogP contribution in [-0.2, 0) is 14.4 Å². The lowest BCUT2D eigenvalue weighted by Crippen LogP contribution is -2.57. The van der Waals surface area contributed by atoms with Crippen LogP contribution in [0, 0.1) is 0 Å². The van der Waals surface area contributed by atoms with Crippen molar-refractivity contribution in [1.82, 2.24) is 10.6 Å². The zero-order chi connectivity index (χ0) is 18.0. The van der Waals surface area contributed by atoms with E-state index in [2.05, 4.69) is 5.32 Å². The van der Waals surface area contributed by atoms with Gasteiger partial charge in [-0.25, -0.2) is 4.79 Å². The van der Waals surface area contributed by atoms with Gasteiger partial charge in [-0.05, 0) is 26.3 Å². The number of aliphatic hydroxyl groups excluding tert-OH is 2. The maximum absolute atomic E-state index is 11.9. The van der Waals surface area contributed by atoms with Crippen LogP contribution in [0.2, 0.25) is 0 Å². The molecule has 4 atom stereocenters. The number of carbonyl (C=O) groups excluding carboxylic acids is 2. The smallest absolute Gasteiger partial charge is 0.328 e. The van der Waals surface area contributed by atoms with Crippen molar-refractivity contribution in [2.24, 2.45) is 11.5 Å². The van der Waals surface area contributed by atoms with Gasteiger partial charge >= 0.3 is 5.97 Å². The summed E-state index contributed by atoms with van der Waals surface area (Å²) >= 11 is 0. The first-order chi connectivity index (χ1) is 10.7. The summed E-state index contributed by atoms with van der Waals surface area (Å²) < 4.78 is 0. The lowest BCUT2D eigenvalue weighted by molar-refractivity contribution is -0.145. The highest BCUT2D eigenvalue weighted by Crippen LogP contribution is 2.00. The molecule has 0 aliphatic carbocycles. The lowest BCUT2D eigenvalue weighted by Gasteiger charge is -2.22. The fourth-order valence-corrected chi connectivity index (χ4v) is 1.76. The van der Waals surface area contributed by atoms with E-state index in [-0.39, 0.29) is 0 Å². The van der Waals surface area contributed by atoms with Crippen LogP contribution in [0.5, 0.6) is 0 Å². The van der Waals surface area contributed by atoms with E-state index in [1.54, 1.807) is 0 Å². The van der Waals surface area contributed by atoms with Crippen molar-refractivity contribution in [2.75, 3.05) is 13.2 Å². The number of nitrogens with one attached hydrogen (secondary N) is 2. The molecule has 0 unspecified atom stereocenters. The maximum atomic E-state index is 11.9. The van der Waals surface area contributed by atoms with Gasteiger partial charge in [0.1, 0.15) is 6.04 Å². The zero-order valence-electron chi connectivity index (χ0n) is 13.1. The Morgan fingerprint density at radius 2 is 1.74 bits per heavy atom. The zero-order valence-corrected chi connectivity index (χ0v) is 13.1. The first-order valence-corrected chi connectivity index (χ1v) is 7.32. The average Bonchev–Trinajstić information content (AvgIpc) is 2.48. The quantitative estimate of drug-likeness (QED) is 0.193. The Bertz CT molecular complexity index is 404. The standard InChI is InChI=1S/C13H26N4O6/c1-7(19)10(13(22)23)17-12(21)9(6-18)16-11(20)8(15)4-2-3-5-14/h7-10,18-19H,2-6,14-15H2,1H3,(H,16,20)(H,17,21)(H,22,23)/t7-,8+,9+,10+/m1/s1. The molecule has 0 spiro atoms. The number of rotatable bonds is 11. The van der Waals surface area contributed by atoms with Gasteiger partial charge in [-0.15, -0.1) is 0 Å². The van der Waals surface area contributed by atoms with Crippen LogP contribution >= 0.6 is 0 Å². The van der Waals surface area contributed by atoms with E-state index in [1.165, 1.54) is 6.92 Å². The summed E-state index contributed by atoms with van der Waals surface area (Å²) in [4.78, 5) is 34.6. The van der Waals surface area contributed by atoms with Crippen LogP contribution in [-0.4, -0.2) is 70.5 Å². The van der Waals surface area contributed by atoms with E-state index in [1.807, 2.05) is 5.32 Å². The van der Waals surface area contributed by atoms with E-state index in [9.17, 15) is 24.6 Å². The molecule has 0 rings (SSSR count). The van der Waals surface area contributed by atoms with Gasteiger partial charge < -0.3 is 37.4 Å². The summed E-state index contributed by atoms with van der Waals surface area (Å²) in [5.41, 5.74) is 11.0. The molecule has 0 bridgehead atoms. The predicted octanol–water partition coefficient (Wildman–Crippen LogP) is -3.13. The number of unbranched alkanes of at least 4 members (excludes halogenated alkanes) is 1. The molecule has 9 N–H and O–H groups in total. The molecule has 0 saturated carbocycles. The van der Waals surface area contributed by atoms with Gasteiger partial charge in [-0.3, -0.25) is 9.59 Å².